The molecule has 0 bridgehead atoms. The molecule has 9 nitrogen and oxygen atoms in total. The molecule has 4 N–H and O–H groups in total. The standard InChI is InChI=1S/C16H21N2O7P/c1-10-2-4-11(5-3-10)13(19)17-14(26(23,24)25)15(20)18-8-6-12(7-9-18)16(21)22/h2-5,12,14H,6-9H2,1H3,(H,17,19)(H,21,22)(H2,23,24,25). The summed E-state index contributed by atoms with van der Waals surface area (Å²) < 4.78 is 11.7. The predicted octanol–water partition coefficient (Wildman–Crippen LogP) is 0.552. The lowest BCUT2D eigenvalue weighted by atomic mass is 9.97. The number of hydrogen-bond donors (Lipinski definition) is 4. The van der Waals surface area contributed by atoms with Gasteiger partial charge >= 0.3 is 13.6 Å². The highest BCUT2D eigenvalue weighted by atomic mass is 31.2. The Kier molecular flexibility index (Phi) is 6.17. The molecule has 0 spiro atoms. The van der Waals surface area contributed by atoms with Gasteiger partial charge in [-0.1, -0.05) is 17.7 Å². The maximum Gasteiger partial charge on any atom is 0.357 e. The van der Waals surface area contributed by atoms with Crippen LogP contribution in [-0.2, 0) is 14.2 Å². The van der Waals surface area contributed by atoms with Gasteiger partial charge in [0, 0.05) is 18.7 Å². The zero-order valence-electron chi connectivity index (χ0n) is 14.2. The minimum absolute atomic E-state index is 0.0622. The summed E-state index contributed by atoms with van der Waals surface area (Å²) in [5.41, 5.74) is 1.08. The van der Waals surface area contributed by atoms with Gasteiger partial charge in [-0.2, -0.15) is 0 Å². The van der Waals surface area contributed by atoms with E-state index in [9.17, 15) is 28.7 Å². The second kappa shape index (κ2) is 7.99. The summed E-state index contributed by atoms with van der Waals surface area (Å²) in [4.78, 5) is 55.9. The Morgan fingerprint density at radius 3 is 2.15 bits per heavy atom. The van der Waals surface area contributed by atoms with Crippen LogP contribution in [0.3, 0.4) is 0 Å². The maximum atomic E-state index is 12.5. The van der Waals surface area contributed by atoms with Gasteiger partial charge in [0.2, 0.25) is 5.78 Å². The van der Waals surface area contributed by atoms with Crippen LogP contribution in [0.4, 0.5) is 0 Å². The van der Waals surface area contributed by atoms with E-state index in [0.717, 1.165) is 5.56 Å². The molecular weight excluding hydrogens is 363 g/mol. The van der Waals surface area contributed by atoms with Crippen LogP contribution in [0.1, 0.15) is 28.8 Å². The molecule has 10 heteroatoms. The number of piperidine rings is 1. The third-order valence-electron chi connectivity index (χ3n) is 4.31. The lowest BCUT2D eigenvalue weighted by molar-refractivity contribution is -0.145. The molecule has 0 aromatic heterocycles. The van der Waals surface area contributed by atoms with Crippen molar-refractivity contribution < 1.29 is 33.8 Å². The van der Waals surface area contributed by atoms with Crippen LogP contribution in [0.5, 0.6) is 0 Å². The van der Waals surface area contributed by atoms with E-state index >= 15 is 0 Å². The van der Waals surface area contributed by atoms with E-state index in [-0.39, 0.29) is 31.5 Å². The molecule has 142 valence electrons. The SMILES string of the molecule is Cc1ccc(C(=O)NC(C(=O)N2CCC(C(=O)O)CC2)P(=O)(O)O)cc1. The van der Waals surface area contributed by atoms with Gasteiger partial charge < -0.3 is 25.1 Å². The van der Waals surface area contributed by atoms with Crippen molar-refractivity contribution in [2.75, 3.05) is 13.1 Å². The van der Waals surface area contributed by atoms with Crippen LogP contribution in [0.25, 0.3) is 0 Å². The van der Waals surface area contributed by atoms with Crippen molar-refractivity contribution in [1.82, 2.24) is 10.2 Å². The van der Waals surface area contributed by atoms with Crippen molar-refractivity contribution in [2.45, 2.75) is 25.5 Å². The lowest BCUT2D eigenvalue weighted by Gasteiger charge is -2.33. The van der Waals surface area contributed by atoms with E-state index in [4.69, 9.17) is 5.11 Å². The van der Waals surface area contributed by atoms with Gasteiger partial charge in [-0.15, -0.1) is 0 Å². The Balaban J connectivity index is 2.11. The lowest BCUT2D eigenvalue weighted by Crippen LogP contribution is -2.51. The zero-order chi connectivity index (χ0) is 19.5. The summed E-state index contributed by atoms with van der Waals surface area (Å²) in [5, 5.41) is 11.1. The number of amides is 2. The van der Waals surface area contributed by atoms with Gasteiger partial charge in [0.25, 0.3) is 11.8 Å². The number of nitrogens with one attached hydrogen (secondary N) is 1. The molecule has 1 aliphatic heterocycles. The number of aliphatic carboxylic acids is 1. The highest BCUT2D eigenvalue weighted by Crippen LogP contribution is 2.41. The number of likely N-dealkylation sites (tertiary alicyclic amines) is 1. The molecule has 1 heterocycles. The Bertz CT molecular complexity index is 735. The molecule has 26 heavy (non-hydrogen) atoms. The number of carbonyl (C=O) groups is 3. The summed E-state index contributed by atoms with van der Waals surface area (Å²) in [6, 6.07) is 6.31. The quantitative estimate of drug-likeness (QED) is 0.543. The molecule has 2 rings (SSSR count). The maximum absolute atomic E-state index is 12.5. The highest BCUT2D eigenvalue weighted by Gasteiger charge is 2.41. The Hall–Kier alpha value is -2.22. The van der Waals surface area contributed by atoms with Gasteiger partial charge in [0.05, 0.1) is 5.92 Å². The van der Waals surface area contributed by atoms with E-state index in [1.807, 2.05) is 6.92 Å². The number of benzene rings is 1. The molecule has 1 atom stereocenters. The highest BCUT2D eigenvalue weighted by molar-refractivity contribution is 7.53. The minimum atomic E-state index is -4.96. The van der Waals surface area contributed by atoms with E-state index in [0.29, 0.717) is 0 Å². The number of nitrogens with zero attached hydrogens (tertiary/aromatic N) is 1. The molecule has 2 amide bonds. The first-order chi connectivity index (χ1) is 12.1. The van der Waals surface area contributed by atoms with Crippen molar-refractivity contribution in [1.29, 1.82) is 0 Å². The number of aryl methyl sites for hydroxylation is 1. The minimum Gasteiger partial charge on any atom is -0.481 e. The molecule has 0 aliphatic carbocycles. The monoisotopic (exact) mass is 384 g/mol. The van der Waals surface area contributed by atoms with Crippen LogP contribution in [0.2, 0.25) is 0 Å². The molecule has 1 aromatic carbocycles. The van der Waals surface area contributed by atoms with Crippen LogP contribution in [0, 0.1) is 12.8 Å². The smallest absolute Gasteiger partial charge is 0.357 e. The van der Waals surface area contributed by atoms with Gasteiger partial charge in [-0.05, 0) is 31.9 Å². The summed E-state index contributed by atoms with van der Waals surface area (Å²) in [6.45, 7) is 1.95. The number of carboxylic acids is 1. The topological polar surface area (TPSA) is 144 Å². The predicted molar refractivity (Wildman–Crippen MR) is 91.4 cm³/mol. The third kappa shape index (κ3) is 4.91. The molecular formula is C16H21N2O7P. The van der Waals surface area contributed by atoms with Crippen LogP contribution < -0.4 is 5.32 Å². The molecule has 1 aromatic rings. The van der Waals surface area contributed by atoms with Crippen molar-refractivity contribution in [3.63, 3.8) is 0 Å². The fraction of sp³-hybridized carbons (Fsp3) is 0.438. The summed E-state index contributed by atoms with van der Waals surface area (Å²) in [7, 11) is -4.96. The van der Waals surface area contributed by atoms with Gasteiger partial charge in [-0.3, -0.25) is 18.9 Å². The van der Waals surface area contributed by atoms with Crippen LogP contribution >= 0.6 is 7.60 Å². The molecule has 1 aliphatic rings. The number of rotatable bonds is 5. The molecule has 1 unspecified atom stereocenters. The Morgan fingerprint density at radius 1 is 1.15 bits per heavy atom. The van der Waals surface area contributed by atoms with Gasteiger partial charge in [0.15, 0.2) is 0 Å². The number of hydrogen-bond acceptors (Lipinski definition) is 4. The first-order valence-corrected chi connectivity index (χ1v) is 9.72. The molecule has 0 saturated carbocycles. The fourth-order valence-corrected chi connectivity index (χ4v) is 3.46. The van der Waals surface area contributed by atoms with E-state index in [2.05, 4.69) is 5.32 Å². The van der Waals surface area contributed by atoms with Crippen LogP contribution in [0.15, 0.2) is 24.3 Å². The summed E-state index contributed by atoms with van der Waals surface area (Å²) in [5.74, 6) is -5.24. The van der Waals surface area contributed by atoms with Crippen LogP contribution in [-0.4, -0.2) is 56.4 Å². The normalized spacial score (nSPS) is 16.8. The average molecular weight is 384 g/mol. The van der Waals surface area contributed by atoms with Crippen molar-refractivity contribution in [3.05, 3.63) is 35.4 Å². The first-order valence-electron chi connectivity index (χ1n) is 8.04. The second-order valence-corrected chi connectivity index (χ2v) is 7.96. The summed E-state index contributed by atoms with van der Waals surface area (Å²) in [6.07, 6.45) is 0.391. The van der Waals surface area contributed by atoms with Crippen molar-refractivity contribution in [3.8, 4) is 0 Å². The average Bonchev–Trinajstić information content (AvgIpc) is 2.58. The van der Waals surface area contributed by atoms with E-state index < -0.39 is 37.1 Å². The van der Waals surface area contributed by atoms with E-state index in [1.54, 1.807) is 12.1 Å². The Labute approximate surface area is 150 Å². The third-order valence-corrected chi connectivity index (χ3v) is 5.33. The fourth-order valence-electron chi connectivity index (χ4n) is 2.72. The van der Waals surface area contributed by atoms with Crippen molar-refractivity contribution >= 4 is 25.4 Å². The second-order valence-electron chi connectivity index (χ2n) is 6.27. The summed E-state index contributed by atoms with van der Waals surface area (Å²) >= 11 is 0. The molecule has 1 fully saturated rings. The Morgan fingerprint density at radius 2 is 1.69 bits per heavy atom. The molecule has 1 saturated heterocycles. The first kappa shape index (κ1) is 20.1. The van der Waals surface area contributed by atoms with Crippen molar-refractivity contribution in [2.24, 2.45) is 5.92 Å². The number of carboxylic acid groups (broad SMARTS) is 1. The van der Waals surface area contributed by atoms with E-state index in [1.165, 1.54) is 17.0 Å². The molecule has 0 radical (unpaired) electrons. The zero-order valence-corrected chi connectivity index (χ0v) is 15.1. The van der Waals surface area contributed by atoms with Gasteiger partial charge in [-0.25, -0.2) is 0 Å². The largest absolute Gasteiger partial charge is 0.481 e. The number of carbonyl (C=O) groups excluding carboxylic acids is 2. The van der Waals surface area contributed by atoms with Gasteiger partial charge in [0.1, 0.15) is 0 Å².